The first kappa shape index (κ1) is 13.0. The Balaban J connectivity index is 1.55. The topological polar surface area (TPSA) is 64.7 Å². The van der Waals surface area contributed by atoms with E-state index in [1.807, 2.05) is 31.2 Å². The molecule has 0 spiro atoms. The van der Waals surface area contributed by atoms with Crippen LogP contribution in [0.3, 0.4) is 0 Å². The predicted molar refractivity (Wildman–Crippen MR) is 80.5 cm³/mol. The smallest absolute Gasteiger partial charge is 0.284 e. The summed E-state index contributed by atoms with van der Waals surface area (Å²) in [5.74, 6) is 2.07. The van der Waals surface area contributed by atoms with Gasteiger partial charge in [0.05, 0.1) is 0 Å². The minimum atomic E-state index is 0.506. The number of hydrogen-bond donors (Lipinski definition) is 0. The normalized spacial score (nSPS) is 14.5. The summed E-state index contributed by atoms with van der Waals surface area (Å²) in [5.41, 5.74) is 2.08. The van der Waals surface area contributed by atoms with Crippen LogP contribution in [0.5, 0.6) is 0 Å². The van der Waals surface area contributed by atoms with Gasteiger partial charge in [0.25, 0.3) is 5.22 Å². The first-order chi connectivity index (χ1) is 10.3. The molecule has 1 aliphatic rings. The van der Waals surface area contributed by atoms with E-state index in [-0.39, 0.29) is 0 Å². The minimum Gasteiger partial charge on any atom is -0.411 e. The first-order valence-electron chi connectivity index (χ1n) is 6.70. The lowest BCUT2D eigenvalue weighted by Crippen LogP contribution is -1.81. The lowest BCUT2D eigenvalue weighted by molar-refractivity contribution is 0.465. The lowest BCUT2D eigenvalue weighted by atomic mass is 10.1. The van der Waals surface area contributed by atoms with Crippen LogP contribution in [-0.4, -0.2) is 19.6 Å². The molecule has 106 valence electrons. The summed E-state index contributed by atoms with van der Waals surface area (Å²) in [5, 5.41) is 8.71. The number of aryl methyl sites for hydroxylation is 1. The van der Waals surface area contributed by atoms with E-state index in [4.69, 9.17) is 4.42 Å². The summed E-state index contributed by atoms with van der Waals surface area (Å²) in [7, 11) is 0. The molecule has 0 unspecified atom stereocenters. The van der Waals surface area contributed by atoms with Crippen molar-refractivity contribution in [1.29, 1.82) is 0 Å². The summed E-state index contributed by atoms with van der Waals surface area (Å²) >= 11 is 2.77. The molecule has 0 saturated heterocycles. The molecule has 1 aromatic carbocycles. The van der Waals surface area contributed by atoms with Crippen molar-refractivity contribution in [3.8, 4) is 11.5 Å². The van der Waals surface area contributed by atoms with Crippen molar-refractivity contribution >= 4 is 23.3 Å². The Bertz CT molecular complexity index is 779. The summed E-state index contributed by atoms with van der Waals surface area (Å²) < 4.78 is 11.0. The first-order valence-corrected chi connectivity index (χ1v) is 8.29. The number of nitrogens with zero attached hydrogens (tertiary/aromatic N) is 4. The number of aromatic nitrogens is 4. The average molecular weight is 316 g/mol. The maximum atomic E-state index is 5.72. The molecule has 0 aliphatic heterocycles. The van der Waals surface area contributed by atoms with Crippen LogP contribution in [0.2, 0.25) is 0 Å². The second-order valence-electron chi connectivity index (χ2n) is 4.98. The lowest BCUT2D eigenvalue weighted by Gasteiger charge is -1.98. The molecule has 0 radical (unpaired) electrons. The van der Waals surface area contributed by atoms with Gasteiger partial charge in [0.2, 0.25) is 5.89 Å². The molecule has 0 amide bonds. The van der Waals surface area contributed by atoms with Gasteiger partial charge in [0.1, 0.15) is 5.82 Å². The van der Waals surface area contributed by atoms with Gasteiger partial charge in [-0.2, -0.15) is 4.37 Å². The molecule has 2 aromatic heterocycles. The standard InChI is InChI=1S/C14H12N4OS2/c1-8-4-2-3-5-10(8)12-16-17-13(19-12)20-14-15-11(18-21-14)9-6-7-9/h2-5,9H,6-7H2,1H3. The third-order valence-corrected chi connectivity index (χ3v) is 4.93. The number of rotatable bonds is 4. The molecule has 0 atom stereocenters. The third kappa shape index (κ3) is 2.71. The Morgan fingerprint density at radius 1 is 1.24 bits per heavy atom. The van der Waals surface area contributed by atoms with E-state index in [1.165, 1.54) is 36.1 Å². The zero-order chi connectivity index (χ0) is 14.2. The van der Waals surface area contributed by atoms with Gasteiger partial charge in [-0.1, -0.05) is 18.2 Å². The van der Waals surface area contributed by atoms with E-state index in [1.54, 1.807) is 0 Å². The highest BCUT2D eigenvalue weighted by Gasteiger charge is 2.28. The largest absolute Gasteiger partial charge is 0.411 e. The highest BCUT2D eigenvalue weighted by molar-refractivity contribution is 8.00. The fraction of sp³-hybridized carbons (Fsp3) is 0.286. The van der Waals surface area contributed by atoms with Crippen LogP contribution in [0, 0.1) is 6.92 Å². The van der Waals surface area contributed by atoms with Gasteiger partial charge in [-0.05, 0) is 42.9 Å². The molecule has 21 heavy (non-hydrogen) atoms. The fourth-order valence-corrected chi connectivity index (χ4v) is 3.48. The molecular weight excluding hydrogens is 304 g/mol. The third-order valence-electron chi connectivity index (χ3n) is 3.32. The van der Waals surface area contributed by atoms with Gasteiger partial charge >= 0.3 is 0 Å². The van der Waals surface area contributed by atoms with Gasteiger partial charge < -0.3 is 4.42 Å². The highest BCUT2D eigenvalue weighted by Crippen LogP contribution is 2.40. The maximum Gasteiger partial charge on any atom is 0.284 e. The molecule has 7 heteroatoms. The molecule has 3 aromatic rings. The van der Waals surface area contributed by atoms with E-state index >= 15 is 0 Å². The quantitative estimate of drug-likeness (QED) is 0.726. The van der Waals surface area contributed by atoms with Crippen LogP contribution in [0.4, 0.5) is 0 Å². The number of hydrogen-bond acceptors (Lipinski definition) is 7. The van der Waals surface area contributed by atoms with E-state index < -0.39 is 0 Å². The van der Waals surface area contributed by atoms with Gasteiger partial charge in [0.15, 0.2) is 4.34 Å². The van der Waals surface area contributed by atoms with Crippen LogP contribution in [0.25, 0.3) is 11.5 Å². The minimum absolute atomic E-state index is 0.506. The SMILES string of the molecule is Cc1ccccc1-c1nnc(Sc2nc(C3CC3)ns2)o1. The molecule has 0 N–H and O–H groups in total. The van der Waals surface area contributed by atoms with Crippen molar-refractivity contribution in [1.82, 2.24) is 19.6 Å². The molecular formula is C14H12N4OS2. The zero-order valence-corrected chi connectivity index (χ0v) is 12.9. The Labute approximate surface area is 130 Å². The molecule has 2 heterocycles. The number of benzene rings is 1. The van der Waals surface area contributed by atoms with Gasteiger partial charge in [-0.3, -0.25) is 0 Å². The van der Waals surface area contributed by atoms with Crippen LogP contribution in [0.1, 0.15) is 30.1 Å². The summed E-state index contributed by atoms with van der Waals surface area (Å²) in [6.07, 6.45) is 2.41. The second-order valence-corrected chi connectivity index (χ2v) is 6.93. The Morgan fingerprint density at radius 2 is 2.10 bits per heavy atom. The summed E-state index contributed by atoms with van der Waals surface area (Å²) in [6.45, 7) is 2.03. The Morgan fingerprint density at radius 3 is 2.90 bits per heavy atom. The van der Waals surface area contributed by atoms with E-state index in [9.17, 15) is 0 Å². The van der Waals surface area contributed by atoms with E-state index in [2.05, 4.69) is 19.6 Å². The van der Waals surface area contributed by atoms with Crippen molar-refractivity contribution in [3.63, 3.8) is 0 Å². The molecule has 1 saturated carbocycles. The van der Waals surface area contributed by atoms with Crippen LogP contribution in [0.15, 0.2) is 38.2 Å². The van der Waals surface area contributed by atoms with Crippen molar-refractivity contribution in [2.45, 2.75) is 35.2 Å². The Hall–Kier alpha value is -1.73. The second kappa shape index (κ2) is 5.23. The molecule has 0 bridgehead atoms. The van der Waals surface area contributed by atoms with Gasteiger partial charge in [0, 0.05) is 23.2 Å². The van der Waals surface area contributed by atoms with E-state index in [0.29, 0.717) is 17.0 Å². The summed E-state index contributed by atoms with van der Waals surface area (Å²) in [4.78, 5) is 4.51. The molecule has 4 rings (SSSR count). The average Bonchev–Trinajstić information content (AvgIpc) is 3.06. The van der Waals surface area contributed by atoms with E-state index in [0.717, 1.165) is 21.3 Å². The summed E-state index contributed by atoms with van der Waals surface area (Å²) in [6, 6.07) is 7.96. The van der Waals surface area contributed by atoms with Gasteiger partial charge in [-0.25, -0.2) is 4.98 Å². The van der Waals surface area contributed by atoms with Crippen LogP contribution in [-0.2, 0) is 0 Å². The van der Waals surface area contributed by atoms with Crippen molar-refractivity contribution in [3.05, 3.63) is 35.7 Å². The Kier molecular flexibility index (Phi) is 3.23. The van der Waals surface area contributed by atoms with Crippen molar-refractivity contribution in [2.24, 2.45) is 0 Å². The van der Waals surface area contributed by atoms with Crippen molar-refractivity contribution < 1.29 is 4.42 Å². The highest BCUT2D eigenvalue weighted by atomic mass is 32.2. The monoisotopic (exact) mass is 316 g/mol. The molecule has 1 aliphatic carbocycles. The molecule has 5 nitrogen and oxygen atoms in total. The van der Waals surface area contributed by atoms with Crippen LogP contribution < -0.4 is 0 Å². The van der Waals surface area contributed by atoms with Crippen LogP contribution >= 0.6 is 23.3 Å². The predicted octanol–water partition coefficient (Wildman–Crippen LogP) is 3.93. The maximum absolute atomic E-state index is 5.72. The fourth-order valence-electron chi connectivity index (χ4n) is 2.02. The zero-order valence-electron chi connectivity index (χ0n) is 11.3. The molecule has 1 fully saturated rings. The van der Waals surface area contributed by atoms with Crippen molar-refractivity contribution in [2.75, 3.05) is 0 Å². The van der Waals surface area contributed by atoms with Gasteiger partial charge in [-0.15, -0.1) is 10.2 Å².